The molecule has 0 atom stereocenters. The van der Waals surface area contributed by atoms with Crippen LogP contribution in [0.15, 0.2) is 94.5 Å². The van der Waals surface area contributed by atoms with Gasteiger partial charge in [-0.2, -0.15) is 0 Å². The summed E-state index contributed by atoms with van der Waals surface area (Å²) < 4.78 is 11.0. The minimum atomic E-state index is 0.750. The molecule has 0 N–H and O–H groups in total. The first-order chi connectivity index (χ1) is 14.0. The van der Waals surface area contributed by atoms with Crippen LogP contribution in [-0.4, -0.2) is 12.2 Å². The SMILES string of the molecule is COc1ccc(O/C=C(\C)C(=Nc2ccc(C)cc2)Sc2cccc(C)c2)cc1. The normalized spacial score (nSPS) is 12.0. The molecule has 0 spiro atoms. The van der Waals surface area contributed by atoms with E-state index in [1.807, 2.05) is 43.3 Å². The summed E-state index contributed by atoms with van der Waals surface area (Å²) in [7, 11) is 1.65. The Balaban J connectivity index is 1.86. The number of rotatable bonds is 6. The van der Waals surface area contributed by atoms with Gasteiger partial charge >= 0.3 is 0 Å². The Morgan fingerprint density at radius 3 is 2.21 bits per heavy atom. The topological polar surface area (TPSA) is 30.8 Å². The second-order valence-electron chi connectivity index (χ2n) is 6.77. The van der Waals surface area contributed by atoms with Crippen LogP contribution in [0, 0.1) is 13.8 Å². The van der Waals surface area contributed by atoms with Gasteiger partial charge in [-0.05, 0) is 69.3 Å². The van der Waals surface area contributed by atoms with Crippen molar-refractivity contribution in [1.82, 2.24) is 0 Å². The third kappa shape index (κ3) is 6.26. The first-order valence-corrected chi connectivity index (χ1v) is 10.2. The molecule has 3 aromatic carbocycles. The number of aliphatic imine (C=N–C) groups is 1. The van der Waals surface area contributed by atoms with Gasteiger partial charge in [0.25, 0.3) is 0 Å². The molecule has 148 valence electrons. The molecule has 0 aliphatic carbocycles. The van der Waals surface area contributed by atoms with Crippen LogP contribution in [0.5, 0.6) is 11.5 Å². The van der Waals surface area contributed by atoms with Crippen LogP contribution in [-0.2, 0) is 0 Å². The van der Waals surface area contributed by atoms with Crippen LogP contribution in [0.3, 0.4) is 0 Å². The Bertz CT molecular complexity index is 1010. The molecule has 0 saturated heterocycles. The summed E-state index contributed by atoms with van der Waals surface area (Å²) in [4.78, 5) is 6.02. The second kappa shape index (κ2) is 9.99. The van der Waals surface area contributed by atoms with Gasteiger partial charge in [-0.25, -0.2) is 4.99 Å². The molecule has 0 heterocycles. The molecule has 29 heavy (non-hydrogen) atoms. The quantitative estimate of drug-likeness (QED) is 0.190. The number of hydrogen-bond acceptors (Lipinski definition) is 4. The number of methoxy groups -OCH3 is 1. The zero-order valence-electron chi connectivity index (χ0n) is 17.2. The summed E-state index contributed by atoms with van der Waals surface area (Å²) in [6, 6.07) is 24.1. The van der Waals surface area contributed by atoms with Gasteiger partial charge in [-0.1, -0.05) is 47.2 Å². The molecule has 0 saturated carbocycles. The molecule has 0 radical (unpaired) electrons. The zero-order valence-corrected chi connectivity index (χ0v) is 18.0. The van der Waals surface area contributed by atoms with E-state index in [-0.39, 0.29) is 0 Å². The minimum Gasteiger partial charge on any atom is -0.497 e. The molecule has 0 unspecified atom stereocenters. The molecule has 0 aliphatic rings. The van der Waals surface area contributed by atoms with Crippen LogP contribution in [0.1, 0.15) is 18.1 Å². The van der Waals surface area contributed by atoms with Gasteiger partial charge in [0.05, 0.1) is 19.1 Å². The number of nitrogens with zero attached hydrogens (tertiary/aromatic N) is 1. The summed E-state index contributed by atoms with van der Waals surface area (Å²) in [6.07, 6.45) is 1.75. The van der Waals surface area contributed by atoms with Gasteiger partial charge < -0.3 is 9.47 Å². The number of thioether (sulfide) groups is 1. The monoisotopic (exact) mass is 403 g/mol. The van der Waals surface area contributed by atoms with Crippen molar-refractivity contribution in [1.29, 1.82) is 0 Å². The Kier molecular flexibility index (Phi) is 7.14. The third-order valence-electron chi connectivity index (χ3n) is 4.24. The highest BCUT2D eigenvalue weighted by Gasteiger charge is 2.08. The second-order valence-corrected chi connectivity index (χ2v) is 7.83. The van der Waals surface area contributed by atoms with Crippen molar-refractivity contribution < 1.29 is 9.47 Å². The van der Waals surface area contributed by atoms with Gasteiger partial charge in [-0.15, -0.1) is 0 Å². The minimum absolute atomic E-state index is 0.750. The summed E-state index contributed by atoms with van der Waals surface area (Å²) in [5.41, 5.74) is 4.31. The van der Waals surface area contributed by atoms with Crippen LogP contribution in [0.4, 0.5) is 5.69 Å². The van der Waals surface area contributed by atoms with Crippen LogP contribution in [0.2, 0.25) is 0 Å². The highest BCUT2D eigenvalue weighted by atomic mass is 32.2. The molecule has 0 aliphatic heterocycles. The van der Waals surface area contributed by atoms with Gasteiger partial charge in [0.15, 0.2) is 0 Å². The maximum Gasteiger partial charge on any atom is 0.126 e. The molecular formula is C25H25NO2S. The van der Waals surface area contributed by atoms with Crippen molar-refractivity contribution >= 4 is 22.5 Å². The smallest absolute Gasteiger partial charge is 0.126 e. The molecule has 0 aromatic heterocycles. The third-order valence-corrected chi connectivity index (χ3v) is 5.33. The highest BCUT2D eigenvalue weighted by Crippen LogP contribution is 2.28. The molecule has 3 aromatic rings. The lowest BCUT2D eigenvalue weighted by Gasteiger charge is -2.09. The maximum absolute atomic E-state index is 5.85. The molecule has 3 nitrogen and oxygen atoms in total. The lowest BCUT2D eigenvalue weighted by molar-refractivity contribution is 0.412. The summed E-state index contributed by atoms with van der Waals surface area (Å²) in [6.45, 7) is 6.18. The van der Waals surface area contributed by atoms with E-state index >= 15 is 0 Å². The summed E-state index contributed by atoms with van der Waals surface area (Å²) in [5.74, 6) is 1.55. The van der Waals surface area contributed by atoms with Crippen molar-refractivity contribution in [2.24, 2.45) is 4.99 Å². The average molecular weight is 404 g/mol. The fraction of sp³-hybridized carbons (Fsp3) is 0.160. The average Bonchev–Trinajstić information content (AvgIpc) is 2.73. The van der Waals surface area contributed by atoms with Gasteiger partial charge in [0.2, 0.25) is 0 Å². The molecule has 4 heteroatoms. The lowest BCUT2D eigenvalue weighted by atomic mass is 10.2. The molecule has 0 bridgehead atoms. The maximum atomic E-state index is 5.85. The number of aryl methyl sites for hydroxylation is 2. The summed E-state index contributed by atoms with van der Waals surface area (Å²) >= 11 is 1.63. The van der Waals surface area contributed by atoms with E-state index < -0.39 is 0 Å². The van der Waals surface area contributed by atoms with E-state index in [0.29, 0.717) is 0 Å². The largest absolute Gasteiger partial charge is 0.497 e. The van der Waals surface area contributed by atoms with Crippen LogP contribution < -0.4 is 9.47 Å². The van der Waals surface area contributed by atoms with Gasteiger partial charge in [0, 0.05) is 10.5 Å². The van der Waals surface area contributed by atoms with Crippen molar-refractivity contribution in [3.05, 3.63) is 95.8 Å². The van der Waals surface area contributed by atoms with E-state index in [9.17, 15) is 0 Å². The van der Waals surface area contributed by atoms with Crippen molar-refractivity contribution in [2.45, 2.75) is 25.7 Å². The Hall–Kier alpha value is -2.98. The molecule has 0 fully saturated rings. The first-order valence-electron chi connectivity index (χ1n) is 9.41. The Morgan fingerprint density at radius 2 is 1.55 bits per heavy atom. The van der Waals surface area contributed by atoms with Crippen LogP contribution >= 0.6 is 11.8 Å². The van der Waals surface area contributed by atoms with Crippen molar-refractivity contribution in [2.75, 3.05) is 7.11 Å². The molecule has 3 rings (SSSR count). The van der Waals surface area contributed by atoms with Gasteiger partial charge in [0.1, 0.15) is 16.5 Å². The standard InChI is InChI=1S/C25H25NO2S/c1-18-8-10-21(11-9-18)26-25(29-24-7-5-6-19(2)16-24)20(3)17-28-23-14-12-22(27-4)13-15-23/h5-17H,1-4H3/b20-17+,26-25?. The fourth-order valence-electron chi connectivity index (χ4n) is 2.58. The number of hydrogen-bond donors (Lipinski definition) is 0. The van der Waals surface area contributed by atoms with Crippen molar-refractivity contribution in [3.8, 4) is 11.5 Å². The first kappa shape index (κ1) is 20.7. The van der Waals surface area contributed by atoms with Gasteiger partial charge in [-0.3, -0.25) is 0 Å². The molecular weight excluding hydrogens is 378 g/mol. The van der Waals surface area contributed by atoms with E-state index in [2.05, 4.69) is 50.2 Å². The highest BCUT2D eigenvalue weighted by molar-refractivity contribution is 8.14. The van der Waals surface area contributed by atoms with Crippen molar-refractivity contribution in [3.63, 3.8) is 0 Å². The van der Waals surface area contributed by atoms with Crippen LogP contribution in [0.25, 0.3) is 0 Å². The molecule has 0 amide bonds. The van der Waals surface area contributed by atoms with E-state index in [1.54, 1.807) is 25.1 Å². The summed E-state index contributed by atoms with van der Waals surface area (Å²) in [5, 5.41) is 0.896. The predicted octanol–water partition coefficient (Wildman–Crippen LogP) is 7.12. The number of ether oxygens (including phenoxy) is 2. The van der Waals surface area contributed by atoms with E-state index in [4.69, 9.17) is 14.5 Å². The Labute approximate surface area is 177 Å². The zero-order chi connectivity index (χ0) is 20.6. The fourth-order valence-corrected chi connectivity index (χ4v) is 3.55. The number of benzene rings is 3. The van der Waals surface area contributed by atoms with E-state index in [1.165, 1.54) is 11.1 Å². The Morgan fingerprint density at radius 1 is 0.862 bits per heavy atom. The van der Waals surface area contributed by atoms with E-state index in [0.717, 1.165) is 32.7 Å². The lowest BCUT2D eigenvalue weighted by Crippen LogP contribution is -1.97. The predicted molar refractivity (Wildman–Crippen MR) is 123 cm³/mol.